The molecule has 0 aliphatic rings. The van der Waals surface area contributed by atoms with E-state index in [1.165, 1.54) is 0 Å². The van der Waals surface area contributed by atoms with E-state index in [0.717, 1.165) is 10.6 Å². The summed E-state index contributed by atoms with van der Waals surface area (Å²) in [5, 5.41) is 30.4. The van der Waals surface area contributed by atoms with Gasteiger partial charge in [0.15, 0.2) is 0 Å². The molecule has 0 aromatic heterocycles. The predicted molar refractivity (Wildman–Crippen MR) is 90.8 cm³/mol. The molecule has 0 radical (unpaired) electrons. The highest BCUT2D eigenvalue weighted by Crippen LogP contribution is 2.33. The first-order chi connectivity index (χ1) is 12.4. The molecule has 0 bridgehead atoms. The molecule has 0 aliphatic carbocycles. The largest absolute Gasteiger partial charge is 0.545 e. The van der Waals surface area contributed by atoms with Gasteiger partial charge in [0.1, 0.15) is 18.8 Å². The van der Waals surface area contributed by atoms with Crippen molar-refractivity contribution in [2.45, 2.75) is 44.2 Å². The molecule has 0 fully saturated rings. The Kier molecular flexibility index (Phi) is 10.4. The number of amides is 1. The minimum Gasteiger partial charge on any atom is -0.390 e. The maximum atomic E-state index is 13.6. The first-order valence-electron chi connectivity index (χ1n) is 8.05. The van der Waals surface area contributed by atoms with E-state index in [1.807, 2.05) is 6.07 Å². The number of hydrogen-bond donors (Lipinski definition) is 3. The second kappa shape index (κ2) is 12.0. The minimum atomic E-state index is -2.63. The van der Waals surface area contributed by atoms with Crippen molar-refractivity contribution in [1.82, 2.24) is 5.06 Å². The van der Waals surface area contributed by atoms with Gasteiger partial charge in [0.05, 0.1) is 25.7 Å². The first-order valence-corrected chi connectivity index (χ1v) is 9.30. The summed E-state index contributed by atoms with van der Waals surface area (Å²) in [4.78, 5) is 16.2. The Hall–Kier alpha value is -1.48. The summed E-state index contributed by atoms with van der Waals surface area (Å²) in [6.07, 6.45) is -5.42. The molecule has 26 heavy (non-hydrogen) atoms. The molecular formula is C16H24FNO7P+. The topological polar surface area (TPSA) is 117 Å². The van der Waals surface area contributed by atoms with Gasteiger partial charge in [-0.25, -0.2) is 5.06 Å². The number of benzene rings is 1. The highest BCUT2D eigenvalue weighted by atomic mass is 31.1. The Morgan fingerprint density at radius 1 is 1.23 bits per heavy atom. The van der Waals surface area contributed by atoms with E-state index in [0.29, 0.717) is 6.41 Å². The van der Waals surface area contributed by atoms with E-state index in [9.17, 15) is 29.1 Å². The quantitative estimate of drug-likeness (QED) is 0.262. The zero-order valence-electron chi connectivity index (χ0n) is 14.3. The van der Waals surface area contributed by atoms with Gasteiger partial charge < -0.3 is 15.3 Å². The van der Waals surface area contributed by atoms with E-state index in [4.69, 9.17) is 4.84 Å². The van der Waals surface area contributed by atoms with E-state index in [-0.39, 0.29) is 13.2 Å². The predicted octanol–water partition coefficient (Wildman–Crippen LogP) is 1.12. The molecular weight excluding hydrogens is 368 g/mol. The highest BCUT2D eigenvalue weighted by molar-refractivity contribution is 7.39. The third-order valence-electron chi connectivity index (χ3n) is 3.43. The summed E-state index contributed by atoms with van der Waals surface area (Å²) < 4.78 is 29.6. The van der Waals surface area contributed by atoms with Gasteiger partial charge in [-0.2, -0.15) is 4.39 Å². The van der Waals surface area contributed by atoms with Crippen LogP contribution in [0.5, 0.6) is 0 Å². The molecule has 146 valence electrons. The van der Waals surface area contributed by atoms with Gasteiger partial charge in [0, 0.05) is 0 Å². The number of carbonyl (C=O) groups excluding carboxylic acids is 1. The van der Waals surface area contributed by atoms with Crippen LogP contribution in [-0.4, -0.2) is 64.2 Å². The minimum absolute atomic E-state index is 0.0456. The lowest BCUT2D eigenvalue weighted by atomic mass is 10.1. The molecule has 10 heteroatoms. The summed E-state index contributed by atoms with van der Waals surface area (Å²) in [6, 6.07) is 8.95. The molecule has 1 aromatic rings. The first kappa shape index (κ1) is 22.6. The third-order valence-corrected chi connectivity index (χ3v) is 4.61. The number of aliphatic hydroxyl groups excluding tert-OH is 3. The van der Waals surface area contributed by atoms with Gasteiger partial charge in [-0.3, -0.25) is 9.63 Å². The standard InChI is InChI=1S/C16H24FNO7P/c1-2-25-26(23)15(17)8-13(20)16(22)14(21)9-18(11-19)24-10-12-6-4-3-5-7-12/h3-7,11,13-16,20-22H,2,8-10H2,1H3/q+1/t13-,14+,15?,16-/m1/s1. The number of hydroxylamine groups is 2. The highest BCUT2D eigenvalue weighted by Gasteiger charge is 2.38. The molecule has 8 nitrogen and oxygen atoms in total. The van der Waals surface area contributed by atoms with Crippen LogP contribution >= 0.6 is 8.03 Å². The molecule has 5 atom stereocenters. The van der Waals surface area contributed by atoms with Crippen molar-refractivity contribution in [1.29, 1.82) is 0 Å². The molecule has 1 aromatic carbocycles. The normalized spacial score (nSPS) is 16.4. The van der Waals surface area contributed by atoms with Crippen molar-refractivity contribution in [3.8, 4) is 0 Å². The molecule has 1 amide bonds. The Labute approximate surface area is 152 Å². The molecule has 0 heterocycles. The number of carbonyl (C=O) groups is 1. The van der Waals surface area contributed by atoms with Crippen molar-refractivity contribution >= 4 is 14.4 Å². The number of aliphatic hydroxyl groups is 3. The molecule has 0 aliphatic heterocycles. The van der Waals surface area contributed by atoms with Gasteiger partial charge in [0.2, 0.25) is 6.41 Å². The lowest BCUT2D eigenvalue weighted by Gasteiger charge is -2.26. The molecule has 3 N–H and O–H groups in total. The second-order valence-corrected chi connectivity index (χ2v) is 6.85. The van der Waals surface area contributed by atoms with Gasteiger partial charge >= 0.3 is 13.9 Å². The van der Waals surface area contributed by atoms with Gasteiger partial charge in [-0.05, 0) is 17.1 Å². The summed E-state index contributed by atoms with van der Waals surface area (Å²) in [7, 11) is -2.63. The van der Waals surface area contributed by atoms with Crippen LogP contribution in [0.15, 0.2) is 30.3 Å². The van der Waals surface area contributed by atoms with Crippen LogP contribution in [-0.2, 0) is 25.3 Å². The average molecular weight is 392 g/mol. The number of hydrogen-bond acceptors (Lipinski definition) is 7. The monoisotopic (exact) mass is 392 g/mol. The van der Waals surface area contributed by atoms with Crippen LogP contribution in [0.2, 0.25) is 0 Å². The molecule has 0 saturated heterocycles. The average Bonchev–Trinajstić information content (AvgIpc) is 2.65. The van der Waals surface area contributed by atoms with Crippen molar-refractivity contribution in [2.75, 3.05) is 13.2 Å². The van der Waals surface area contributed by atoms with Crippen LogP contribution in [0.1, 0.15) is 18.9 Å². The van der Waals surface area contributed by atoms with E-state index < -0.39 is 45.2 Å². The van der Waals surface area contributed by atoms with Crippen LogP contribution in [0.3, 0.4) is 0 Å². The summed E-state index contributed by atoms with van der Waals surface area (Å²) in [5.41, 5.74) is 0.786. The van der Waals surface area contributed by atoms with Crippen LogP contribution in [0, 0.1) is 0 Å². The molecule has 0 saturated carbocycles. The van der Waals surface area contributed by atoms with Gasteiger partial charge in [0.25, 0.3) is 0 Å². The number of rotatable bonds is 13. The third kappa shape index (κ3) is 7.82. The second-order valence-electron chi connectivity index (χ2n) is 5.46. The zero-order valence-corrected chi connectivity index (χ0v) is 15.2. The van der Waals surface area contributed by atoms with Gasteiger partial charge in [-0.1, -0.05) is 30.3 Å². The van der Waals surface area contributed by atoms with Crippen molar-refractivity contribution in [2.24, 2.45) is 0 Å². The fourth-order valence-electron chi connectivity index (χ4n) is 2.04. The maximum absolute atomic E-state index is 13.6. The fraction of sp³-hybridized carbons (Fsp3) is 0.562. The summed E-state index contributed by atoms with van der Waals surface area (Å²) in [6.45, 7) is 1.21. The number of halogens is 1. The maximum Gasteiger partial charge on any atom is 0.545 e. The molecule has 2 unspecified atom stereocenters. The van der Waals surface area contributed by atoms with Crippen molar-refractivity contribution in [3.05, 3.63) is 35.9 Å². The molecule has 0 spiro atoms. The van der Waals surface area contributed by atoms with Crippen molar-refractivity contribution in [3.63, 3.8) is 0 Å². The smallest absolute Gasteiger partial charge is 0.390 e. The van der Waals surface area contributed by atoms with E-state index in [1.54, 1.807) is 31.2 Å². The SMILES string of the molecule is CCO[P+](=O)C(F)C[C@@H](O)[C@@H](O)[C@@H](O)CN(C=O)OCc1ccccc1. The van der Waals surface area contributed by atoms with Crippen LogP contribution in [0.25, 0.3) is 0 Å². The lowest BCUT2D eigenvalue weighted by molar-refractivity contribution is -0.192. The van der Waals surface area contributed by atoms with E-state index in [2.05, 4.69) is 4.52 Å². The Morgan fingerprint density at radius 3 is 2.46 bits per heavy atom. The summed E-state index contributed by atoms with van der Waals surface area (Å²) >= 11 is 0. The zero-order chi connectivity index (χ0) is 19.5. The van der Waals surface area contributed by atoms with Crippen LogP contribution < -0.4 is 0 Å². The van der Waals surface area contributed by atoms with Crippen molar-refractivity contribution < 1.29 is 38.4 Å². The Balaban J connectivity index is 2.48. The Morgan fingerprint density at radius 2 is 1.88 bits per heavy atom. The number of nitrogens with zero attached hydrogens (tertiary/aromatic N) is 1. The fourth-order valence-corrected chi connectivity index (χ4v) is 2.84. The number of alkyl halides is 1. The Bertz CT molecular complexity index is 551. The van der Waals surface area contributed by atoms with Gasteiger partial charge in [-0.15, -0.1) is 4.52 Å². The van der Waals surface area contributed by atoms with E-state index >= 15 is 0 Å². The molecule has 1 rings (SSSR count). The summed E-state index contributed by atoms with van der Waals surface area (Å²) in [5.74, 6) is -1.99. The lowest BCUT2D eigenvalue weighted by Crippen LogP contribution is -2.45. The van der Waals surface area contributed by atoms with Crippen LogP contribution in [0.4, 0.5) is 4.39 Å².